The van der Waals surface area contributed by atoms with E-state index in [0.29, 0.717) is 18.1 Å². The minimum Gasteiger partial charge on any atom is -0.383 e. The second-order valence-electron chi connectivity index (χ2n) is 4.37. The summed E-state index contributed by atoms with van der Waals surface area (Å²) in [5.41, 5.74) is 7.95. The van der Waals surface area contributed by atoms with Crippen LogP contribution in [0.2, 0.25) is 0 Å². The fourth-order valence-electron chi connectivity index (χ4n) is 2.12. The van der Waals surface area contributed by atoms with Crippen LogP contribution in [0, 0.1) is 0 Å². The molecule has 0 bridgehead atoms. The van der Waals surface area contributed by atoms with Crippen LogP contribution in [0.15, 0.2) is 0 Å². The Balaban J connectivity index is 1.95. The summed E-state index contributed by atoms with van der Waals surface area (Å²) >= 11 is 0. The Morgan fingerprint density at radius 2 is 2.00 bits per heavy atom. The van der Waals surface area contributed by atoms with Crippen molar-refractivity contribution in [2.75, 3.05) is 18.9 Å². The van der Waals surface area contributed by atoms with Crippen molar-refractivity contribution in [3.8, 4) is 0 Å². The van der Waals surface area contributed by atoms with Gasteiger partial charge in [-0.25, -0.2) is 18.7 Å². The molecule has 2 N–H and O–H groups in total. The summed E-state index contributed by atoms with van der Waals surface area (Å²) in [6, 6.07) is 0. The third kappa shape index (κ3) is 3.35. The molecule has 0 radical (unpaired) electrons. The van der Waals surface area contributed by atoms with Gasteiger partial charge in [-0.15, -0.1) is 0 Å². The van der Waals surface area contributed by atoms with Gasteiger partial charge in [0.25, 0.3) is 6.43 Å². The molecule has 0 unspecified atom stereocenters. The van der Waals surface area contributed by atoms with Crippen molar-refractivity contribution in [2.24, 2.45) is 0 Å². The van der Waals surface area contributed by atoms with E-state index in [2.05, 4.69) is 9.97 Å². The number of aromatic nitrogens is 2. The fraction of sp³-hybridized carbons (Fsp3) is 0.667. The maximum atomic E-state index is 11.9. The highest BCUT2D eigenvalue weighted by atomic mass is 19.3. The van der Waals surface area contributed by atoms with Gasteiger partial charge in [0.05, 0.1) is 6.61 Å². The molecule has 100 valence electrons. The van der Waals surface area contributed by atoms with E-state index in [9.17, 15) is 8.78 Å². The fourth-order valence-corrected chi connectivity index (χ4v) is 2.12. The minimum absolute atomic E-state index is 0.197. The normalized spacial score (nSPS) is 14.8. The van der Waals surface area contributed by atoms with Crippen molar-refractivity contribution in [1.29, 1.82) is 0 Å². The molecular formula is C12H17F2N3O. The van der Waals surface area contributed by atoms with Gasteiger partial charge in [-0.05, 0) is 25.7 Å². The third-order valence-electron chi connectivity index (χ3n) is 2.98. The van der Waals surface area contributed by atoms with E-state index in [1.807, 2.05) is 0 Å². The smallest absolute Gasteiger partial charge is 0.261 e. The maximum Gasteiger partial charge on any atom is 0.261 e. The number of nitrogens with two attached hydrogens (primary N) is 1. The van der Waals surface area contributed by atoms with Gasteiger partial charge in [-0.3, -0.25) is 0 Å². The van der Waals surface area contributed by atoms with Gasteiger partial charge in [0, 0.05) is 17.7 Å². The van der Waals surface area contributed by atoms with Crippen LogP contribution in [0.3, 0.4) is 0 Å². The molecule has 6 heteroatoms. The molecule has 1 heterocycles. The van der Waals surface area contributed by atoms with Crippen LogP contribution in [0.1, 0.15) is 29.9 Å². The first-order valence-electron chi connectivity index (χ1n) is 6.17. The number of alkyl halides is 2. The van der Waals surface area contributed by atoms with E-state index in [1.165, 1.54) is 0 Å². The highest BCUT2D eigenvalue weighted by Gasteiger charge is 2.16. The first-order chi connectivity index (χ1) is 8.66. The molecule has 0 amide bonds. The lowest BCUT2D eigenvalue weighted by Crippen LogP contribution is -2.15. The Bertz CT molecular complexity index is 413. The van der Waals surface area contributed by atoms with Gasteiger partial charge in [-0.1, -0.05) is 0 Å². The van der Waals surface area contributed by atoms with Gasteiger partial charge >= 0.3 is 0 Å². The molecule has 1 aromatic rings. The number of anilines is 1. The van der Waals surface area contributed by atoms with Gasteiger partial charge in [-0.2, -0.15) is 0 Å². The second-order valence-corrected chi connectivity index (χ2v) is 4.37. The van der Waals surface area contributed by atoms with Gasteiger partial charge < -0.3 is 10.5 Å². The van der Waals surface area contributed by atoms with Crippen LogP contribution in [0.5, 0.6) is 0 Å². The minimum atomic E-state index is -2.43. The van der Waals surface area contributed by atoms with Crippen molar-refractivity contribution < 1.29 is 13.5 Å². The van der Waals surface area contributed by atoms with E-state index in [4.69, 9.17) is 10.5 Å². The molecule has 0 atom stereocenters. The van der Waals surface area contributed by atoms with E-state index in [1.54, 1.807) is 0 Å². The summed E-state index contributed by atoms with van der Waals surface area (Å²) in [5, 5.41) is 0. The number of nitrogens with zero attached hydrogens (tertiary/aromatic N) is 2. The first-order valence-corrected chi connectivity index (χ1v) is 6.17. The van der Waals surface area contributed by atoms with Crippen molar-refractivity contribution in [2.45, 2.75) is 38.5 Å². The SMILES string of the molecule is Nc1nc(CCOCC(F)F)nc2c1CCCC2. The number of fused-ring (bicyclic) bond motifs is 1. The van der Waals surface area contributed by atoms with Crippen LogP contribution in [-0.2, 0) is 24.0 Å². The van der Waals surface area contributed by atoms with Crippen LogP contribution in [-0.4, -0.2) is 29.6 Å². The topological polar surface area (TPSA) is 61.0 Å². The molecule has 1 aliphatic carbocycles. The van der Waals surface area contributed by atoms with Crippen molar-refractivity contribution in [3.05, 3.63) is 17.1 Å². The lowest BCUT2D eigenvalue weighted by atomic mass is 9.96. The first kappa shape index (κ1) is 13.1. The Hall–Kier alpha value is -1.30. The predicted octanol–water partition coefficient (Wildman–Crippen LogP) is 1.76. The number of rotatable bonds is 5. The van der Waals surface area contributed by atoms with Gasteiger partial charge in [0.15, 0.2) is 0 Å². The van der Waals surface area contributed by atoms with Crippen LogP contribution < -0.4 is 5.73 Å². The molecule has 1 aromatic heterocycles. The van der Waals surface area contributed by atoms with E-state index < -0.39 is 13.0 Å². The molecule has 0 fully saturated rings. The average molecular weight is 257 g/mol. The monoisotopic (exact) mass is 257 g/mol. The van der Waals surface area contributed by atoms with Crippen molar-refractivity contribution in [1.82, 2.24) is 9.97 Å². The lowest BCUT2D eigenvalue weighted by Gasteiger charge is -2.17. The molecule has 0 saturated heterocycles. The zero-order valence-electron chi connectivity index (χ0n) is 10.2. The summed E-state index contributed by atoms with van der Waals surface area (Å²) in [7, 11) is 0. The summed E-state index contributed by atoms with van der Waals surface area (Å²) in [6.45, 7) is -0.344. The van der Waals surface area contributed by atoms with E-state index >= 15 is 0 Å². The Kier molecular flexibility index (Phi) is 4.41. The molecular weight excluding hydrogens is 240 g/mol. The number of hydrogen-bond donors (Lipinski definition) is 1. The molecule has 18 heavy (non-hydrogen) atoms. The van der Waals surface area contributed by atoms with Crippen LogP contribution in [0.4, 0.5) is 14.6 Å². The third-order valence-corrected chi connectivity index (χ3v) is 2.98. The Labute approximate surface area is 105 Å². The highest BCUT2D eigenvalue weighted by Crippen LogP contribution is 2.23. The number of halogens is 2. The van der Waals surface area contributed by atoms with Crippen LogP contribution >= 0.6 is 0 Å². The number of hydrogen-bond acceptors (Lipinski definition) is 4. The maximum absolute atomic E-state index is 11.9. The quantitative estimate of drug-likeness (QED) is 0.816. The molecule has 4 nitrogen and oxygen atoms in total. The zero-order chi connectivity index (χ0) is 13.0. The molecule has 1 aliphatic rings. The summed E-state index contributed by atoms with van der Waals surface area (Å²) in [4.78, 5) is 8.63. The molecule has 0 aliphatic heterocycles. The molecule has 0 aromatic carbocycles. The average Bonchev–Trinajstić information content (AvgIpc) is 2.35. The van der Waals surface area contributed by atoms with E-state index in [-0.39, 0.29) is 6.61 Å². The van der Waals surface area contributed by atoms with Gasteiger partial charge in [0.2, 0.25) is 0 Å². The Morgan fingerprint density at radius 3 is 2.78 bits per heavy atom. The summed E-state index contributed by atoms with van der Waals surface area (Å²) < 4.78 is 28.6. The van der Waals surface area contributed by atoms with Crippen molar-refractivity contribution in [3.63, 3.8) is 0 Å². The number of aryl methyl sites for hydroxylation is 1. The van der Waals surface area contributed by atoms with Crippen LogP contribution in [0.25, 0.3) is 0 Å². The van der Waals surface area contributed by atoms with Gasteiger partial charge in [0.1, 0.15) is 18.2 Å². The highest BCUT2D eigenvalue weighted by molar-refractivity contribution is 5.43. The van der Waals surface area contributed by atoms with Crippen molar-refractivity contribution >= 4 is 5.82 Å². The zero-order valence-corrected chi connectivity index (χ0v) is 10.2. The number of ether oxygens (including phenoxy) is 1. The second kappa shape index (κ2) is 6.04. The molecule has 2 rings (SSSR count). The van der Waals surface area contributed by atoms with E-state index in [0.717, 1.165) is 36.9 Å². The standard InChI is InChI=1S/C12H17F2N3O/c13-10(14)7-18-6-5-11-16-9-4-2-1-3-8(9)12(15)17-11/h10H,1-7H2,(H2,15,16,17). The number of nitrogen functional groups attached to an aromatic ring is 1. The summed E-state index contributed by atoms with van der Waals surface area (Å²) in [5.74, 6) is 1.12. The predicted molar refractivity (Wildman–Crippen MR) is 63.6 cm³/mol. The Morgan fingerprint density at radius 1 is 1.22 bits per heavy atom. The summed E-state index contributed by atoms with van der Waals surface area (Å²) in [6.07, 6.45) is 2.09. The molecule has 0 spiro atoms. The lowest BCUT2D eigenvalue weighted by molar-refractivity contribution is 0.0183. The largest absolute Gasteiger partial charge is 0.383 e. The molecule has 0 saturated carbocycles.